The number of carbonyl (C=O) groups is 3. The van der Waals surface area contributed by atoms with Crippen molar-refractivity contribution in [3.05, 3.63) is 50.9 Å². The van der Waals surface area contributed by atoms with Gasteiger partial charge in [-0.15, -0.1) is 11.8 Å². The molecule has 0 saturated heterocycles. The van der Waals surface area contributed by atoms with Gasteiger partial charge in [0.2, 0.25) is 5.91 Å². The molecule has 1 aromatic heterocycles. The van der Waals surface area contributed by atoms with Crippen LogP contribution in [0.3, 0.4) is 0 Å². The number of esters is 1. The Hall–Kier alpha value is -2.72. The van der Waals surface area contributed by atoms with Gasteiger partial charge in [0.05, 0.1) is 10.6 Å². The van der Waals surface area contributed by atoms with Crippen LogP contribution in [0.2, 0.25) is 0 Å². The Bertz CT molecular complexity index is 877. The number of rotatable bonds is 7. The van der Waals surface area contributed by atoms with Crippen molar-refractivity contribution < 1.29 is 24.0 Å². The van der Waals surface area contributed by atoms with Crippen molar-refractivity contribution in [3.63, 3.8) is 0 Å². The molecule has 0 radical (unpaired) electrons. The number of nitrogens with one attached hydrogen (secondary N) is 1. The van der Waals surface area contributed by atoms with Crippen LogP contribution in [0.25, 0.3) is 0 Å². The van der Waals surface area contributed by atoms with Crippen LogP contribution in [0.4, 0.5) is 10.7 Å². The molecule has 0 aliphatic rings. The van der Waals surface area contributed by atoms with E-state index in [1.807, 2.05) is 6.26 Å². The van der Waals surface area contributed by atoms with E-state index in [0.717, 1.165) is 4.90 Å². The summed E-state index contributed by atoms with van der Waals surface area (Å²) >= 11 is 2.09. The molecule has 1 aromatic carbocycles. The van der Waals surface area contributed by atoms with Crippen molar-refractivity contribution in [3.8, 4) is 0 Å². The molecule has 2 aromatic rings. The third kappa shape index (κ3) is 4.90. The molecule has 1 heterocycles. The van der Waals surface area contributed by atoms with Gasteiger partial charge >= 0.3 is 11.0 Å². The Morgan fingerprint density at radius 2 is 2.00 bits per heavy atom. The lowest BCUT2D eigenvalue weighted by Gasteiger charge is -2.10. The number of ether oxygens (including phenoxy) is 1. The SMILES string of the molecule is CSc1ccc(C(=O)COC(=O)c2ccc([N+](=O)[O-])s2)cc1NC(C)=O. The monoisotopic (exact) mass is 394 g/mol. The number of amides is 1. The predicted molar refractivity (Wildman–Crippen MR) is 98.1 cm³/mol. The summed E-state index contributed by atoms with van der Waals surface area (Å²) in [6, 6.07) is 7.25. The number of Topliss-reactive ketones (excluding diaryl/α,β-unsaturated/α-hetero) is 1. The highest BCUT2D eigenvalue weighted by Gasteiger charge is 2.18. The second kappa shape index (κ2) is 8.59. The van der Waals surface area contributed by atoms with Crippen molar-refractivity contribution in [2.75, 3.05) is 18.2 Å². The van der Waals surface area contributed by atoms with Crippen molar-refractivity contribution in [1.29, 1.82) is 0 Å². The Labute approximate surface area is 156 Å². The van der Waals surface area contributed by atoms with Crippen LogP contribution in [0.1, 0.15) is 27.0 Å². The van der Waals surface area contributed by atoms with E-state index in [4.69, 9.17) is 4.74 Å². The number of anilines is 1. The molecular weight excluding hydrogens is 380 g/mol. The van der Waals surface area contributed by atoms with Crippen LogP contribution in [-0.4, -0.2) is 35.4 Å². The fourth-order valence-corrected chi connectivity index (χ4v) is 3.24. The zero-order chi connectivity index (χ0) is 19.3. The molecule has 1 N–H and O–H groups in total. The second-order valence-corrected chi connectivity index (χ2v) is 6.90. The van der Waals surface area contributed by atoms with Crippen LogP contribution in [0.5, 0.6) is 0 Å². The van der Waals surface area contributed by atoms with E-state index in [0.29, 0.717) is 17.0 Å². The number of nitrogens with zero attached hydrogens (tertiary/aromatic N) is 1. The largest absolute Gasteiger partial charge is 0.453 e. The van der Waals surface area contributed by atoms with E-state index in [-0.39, 0.29) is 21.3 Å². The maximum atomic E-state index is 12.2. The average Bonchev–Trinajstić information content (AvgIpc) is 3.09. The number of nitro groups is 1. The highest BCUT2D eigenvalue weighted by Crippen LogP contribution is 2.27. The maximum Gasteiger partial charge on any atom is 0.349 e. The summed E-state index contributed by atoms with van der Waals surface area (Å²) in [5, 5.41) is 13.1. The zero-order valence-electron chi connectivity index (χ0n) is 13.8. The third-order valence-electron chi connectivity index (χ3n) is 3.14. The van der Waals surface area contributed by atoms with Gasteiger partial charge in [0.25, 0.3) is 0 Å². The smallest absolute Gasteiger partial charge is 0.349 e. The van der Waals surface area contributed by atoms with E-state index >= 15 is 0 Å². The normalized spacial score (nSPS) is 10.2. The lowest BCUT2D eigenvalue weighted by molar-refractivity contribution is -0.380. The highest BCUT2D eigenvalue weighted by atomic mass is 32.2. The molecule has 0 aliphatic carbocycles. The standard InChI is InChI=1S/C16H14N2O6S2/c1-9(19)17-11-7-10(3-4-13(11)25-2)12(20)8-24-16(21)14-5-6-15(26-14)18(22)23/h3-7H,8H2,1-2H3,(H,17,19). The molecule has 0 atom stereocenters. The minimum Gasteiger partial charge on any atom is -0.453 e. The summed E-state index contributed by atoms with van der Waals surface area (Å²) in [6.07, 6.45) is 1.84. The summed E-state index contributed by atoms with van der Waals surface area (Å²) in [4.78, 5) is 46.2. The Kier molecular flexibility index (Phi) is 6.47. The lowest BCUT2D eigenvalue weighted by atomic mass is 10.1. The Balaban J connectivity index is 2.05. The van der Waals surface area contributed by atoms with Gasteiger partial charge in [-0.1, -0.05) is 17.4 Å². The molecule has 0 spiro atoms. The van der Waals surface area contributed by atoms with Crippen LogP contribution in [-0.2, 0) is 9.53 Å². The number of ketones is 1. The average molecular weight is 394 g/mol. The van der Waals surface area contributed by atoms with E-state index in [1.165, 1.54) is 36.9 Å². The van der Waals surface area contributed by atoms with Crippen molar-refractivity contribution in [2.24, 2.45) is 0 Å². The van der Waals surface area contributed by atoms with Gasteiger partial charge in [-0.2, -0.15) is 0 Å². The number of carbonyl (C=O) groups excluding carboxylic acids is 3. The van der Waals surface area contributed by atoms with Crippen molar-refractivity contribution >= 4 is 51.4 Å². The molecule has 0 fully saturated rings. The number of hydrogen-bond donors (Lipinski definition) is 1. The maximum absolute atomic E-state index is 12.2. The van der Waals surface area contributed by atoms with E-state index < -0.39 is 23.3 Å². The van der Waals surface area contributed by atoms with Gasteiger partial charge in [-0.25, -0.2) is 4.79 Å². The summed E-state index contributed by atoms with van der Waals surface area (Å²) < 4.78 is 4.92. The van der Waals surface area contributed by atoms with E-state index in [9.17, 15) is 24.5 Å². The van der Waals surface area contributed by atoms with E-state index in [2.05, 4.69) is 5.32 Å². The molecule has 0 aliphatic heterocycles. The van der Waals surface area contributed by atoms with Crippen LogP contribution < -0.4 is 5.32 Å². The van der Waals surface area contributed by atoms with Crippen LogP contribution >= 0.6 is 23.1 Å². The first-order valence-corrected chi connectivity index (χ1v) is 9.26. The first-order valence-electron chi connectivity index (χ1n) is 7.22. The molecule has 8 nitrogen and oxygen atoms in total. The predicted octanol–water partition coefficient (Wildman–Crippen LogP) is 3.38. The van der Waals surface area contributed by atoms with Crippen LogP contribution in [0, 0.1) is 10.1 Å². The molecule has 0 bridgehead atoms. The zero-order valence-corrected chi connectivity index (χ0v) is 15.4. The molecule has 10 heteroatoms. The molecule has 136 valence electrons. The van der Waals surface area contributed by atoms with Gasteiger partial charge in [0, 0.05) is 23.4 Å². The van der Waals surface area contributed by atoms with Crippen LogP contribution in [0.15, 0.2) is 35.2 Å². The van der Waals surface area contributed by atoms with Gasteiger partial charge in [-0.05, 0) is 24.5 Å². The van der Waals surface area contributed by atoms with E-state index in [1.54, 1.807) is 12.1 Å². The lowest BCUT2D eigenvalue weighted by Crippen LogP contribution is -2.14. The highest BCUT2D eigenvalue weighted by molar-refractivity contribution is 7.98. The molecule has 0 saturated carbocycles. The minimum atomic E-state index is -0.806. The molecular formula is C16H14N2O6S2. The van der Waals surface area contributed by atoms with Gasteiger partial charge < -0.3 is 10.1 Å². The topological polar surface area (TPSA) is 116 Å². The van der Waals surface area contributed by atoms with Crippen molar-refractivity contribution in [2.45, 2.75) is 11.8 Å². The number of thioether (sulfide) groups is 1. The summed E-state index contributed by atoms with van der Waals surface area (Å²) in [6.45, 7) is 0.850. The number of hydrogen-bond acceptors (Lipinski definition) is 8. The fraction of sp³-hybridized carbons (Fsp3) is 0.188. The fourth-order valence-electron chi connectivity index (χ4n) is 1.99. The number of benzene rings is 1. The summed E-state index contributed by atoms with van der Waals surface area (Å²) in [7, 11) is 0. The number of thiophene rings is 1. The second-order valence-electron chi connectivity index (χ2n) is 4.99. The molecule has 2 rings (SSSR count). The quantitative estimate of drug-likeness (QED) is 0.252. The Morgan fingerprint density at radius 3 is 2.58 bits per heavy atom. The summed E-state index contributed by atoms with van der Waals surface area (Å²) in [5.41, 5.74) is 0.771. The molecule has 26 heavy (non-hydrogen) atoms. The van der Waals surface area contributed by atoms with Crippen molar-refractivity contribution in [1.82, 2.24) is 0 Å². The Morgan fingerprint density at radius 1 is 1.27 bits per heavy atom. The molecule has 0 unspecified atom stereocenters. The third-order valence-corrected chi connectivity index (χ3v) is 4.95. The van der Waals surface area contributed by atoms with Gasteiger partial charge in [0.15, 0.2) is 12.4 Å². The molecule has 1 amide bonds. The first-order chi connectivity index (χ1) is 12.3. The van der Waals surface area contributed by atoms with Gasteiger partial charge in [-0.3, -0.25) is 19.7 Å². The summed E-state index contributed by atoms with van der Waals surface area (Å²) in [5.74, 6) is -1.53. The first kappa shape index (κ1) is 19.6. The minimum absolute atomic E-state index is 0.0427. The van der Waals surface area contributed by atoms with Gasteiger partial charge in [0.1, 0.15) is 4.88 Å².